The molecule has 0 saturated carbocycles. The van der Waals surface area contributed by atoms with E-state index >= 15 is 0 Å². The van der Waals surface area contributed by atoms with Gasteiger partial charge in [-0.2, -0.15) is 26.3 Å². The third-order valence-electron chi connectivity index (χ3n) is 2.09. The maximum absolute atomic E-state index is 13.0. The molecule has 0 saturated heterocycles. The normalized spacial score (nSPS) is 15.3. The van der Waals surface area contributed by atoms with Crippen molar-refractivity contribution >= 4 is 22.1 Å². The minimum Gasteiger partial charge on any atom is -0.743 e. The molecule has 0 fully saturated rings. The van der Waals surface area contributed by atoms with Gasteiger partial charge in [0.2, 0.25) is 5.83 Å². The van der Waals surface area contributed by atoms with Crippen LogP contribution in [-0.2, 0) is 33.9 Å². The van der Waals surface area contributed by atoms with Gasteiger partial charge in [-0.25, -0.2) is 18.0 Å². The number of hydrogen-bond donors (Lipinski definition) is 0. The van der Waals surface area contributed by atoms with Crippen LogP contribution in [0, 0.1) is 0 Å². The summed E-state index contributed by atoms with van der Waals surface area (Å²) in [6, 6.07) is 0. The Morgan fingerprint density at radius 2 is 1.62 bits per heavy atom. The lowest BCUT2D eigenvalue weighted by molar-refractivity contribution is -0.359. The highest BCUT2D eigenvalue weighted by Crippen LogP contribution is 2.38. The molecule has 0 rings (SSSR count). The summed E-state index contributed by atoms with van der Waals surface area (Å²) in [5, 5.41) is -5.45. The van der Waals surface area contributed by atoms with E-state index in [2.05, 4.69) is 20.8 Å². The molecule has 15 heteroatoms. The fourth-order valence-corrected chi connectivity index (χ4v) is 1.17. The monoisotopic (exact) mass is 389 g/mol. The van der Waals surface area contributed by atoms with Gasteiger partial charge in [0.15, 0.2) is 10.1 Å². The second kappa shape index (κ2) is 6.94. The minimum absolute atomic E-state index is 0.284. The predicted octanol–water partition coefficient (Wildman–Crippen LogP) is 0.599. The summed E-state index contributed by atoms with van der Waals surface area (Å²) >= 11 is 0. The smallest absolute Gasteiger partial charge is 0.468 e. The lowest BCUT2D eigenvalue weighted by Gasteiger charge is -2.33. The van der Waals surface area contributed by atoms with Crippen molar-refractivity contribution in [3.8, 4) is 0 Å². The van der Waals surface area contributed by atoms with E-state index < -0.39 is 51.7 Å². The molecule has 0 spiro atoms. The molecule has 0 heterocycles. The van der Waals surface area contributed by atoms with Crippen molar-refractivity contribution < 1.29 is 63.1 Å². The van der Waals surface area contributed by atoms with Crippen molar-refractivity contribution in [2.24, 2.45) is 0 Å². The Kier molecular flexibility index (Phi) is 6.40. The van der Waals surface area contributed by atoms with Gasteiger partial charge in [0.1, 0.15) is 6.61 Å². The average Bonchev–Trinajstić information content (AvgIpc) is 2.39. The Balaban J connectivity index is 5.99. The quantitative estimate of drug-likeness (QED) is 0.204. The number of rotatable bonds is 7. The van der Waals surface area contributed by atoms with Gasteiger partial charge in [-0.1, -0.05) is 6.58 Å². The number of ether oxygens (including phenoxy) is 3. The number of halogens is 6. The molecule has 0 aliphatic carbocycles. The Morgan fingerprint density at radius 1 is 1.17 bits per heavy atom. The first kappa shape index (κ1) is 22.1. The topological polar surface area (TPSA) is 119 Å². The van der Waals surface area contributed by atoms with Gasteiger partial charge in [-0.3, -0.25) is 0 Å². The molecule has 8 nitrogen and oxygen atoms in total. The summed E-state index contributed by atoms with van der Waals surface area (Å²) in [6.45, 7) is -0.617. The standard InChI is InChI=1S/C9H8F6O8S/c1-4(10)5(16)23-8(6(17)21-2,9(13,14)15)22-3-7(11,12)24(18,19)20/h1,3H2,2H3,(H,18,19,20)/p-1. The molecule has 0 aromatic heterocycles. The fraction of sp³-hybridized carbons (Fsp3) is 0.556. The highest BCUT2D eigenvalue weighted by Gasteiger charge is 2.68. The van der Waals surface area contributed by atoms with Crippen LogP contribution in [0.2, 0.25) is 0 Å². The molecule has 0 aliphatic rings. The zero-order chi connectivity index (χ0) is 19.6. The minimum atomic E-state index is -6.51. The second-order valence-electron chi connectivity index (χ2n) is 3.78. The van der Waals surface area contributed by atoms with E-state index in [1.807, 2.05) is 0 Å². The van der Waals surface area contributed by atoms with Crippen molar-refractivity contribution in [2.45, 2.75) is 17.2 Å². The van der Waals surface area contributed by atoms with Crippen LogP contribution in [0.15, 0.2) is 12.4 Å². The second-order valence-corrected chi connectivity index (χ2v) is 5.29. The Bertz CT molecular complexity index is 626. The summed E-state index contributed by atoms with van der Waals surface area (Å²) in [5.74, 6) is -12.4. The average molecular weight is 389 g/mol. The van der Waals surface area contributed by atoms with Crippen molar-refractivity contribution in [2.75, 3.05) is 13.7 Å². The molecule has 24 heavy (non-hydrogen) atoms. The molecule has 0 aliphatic heterocycles. The molecule has 0 aromatic rings. The molecule has 0 aromatic carbocycles. The van der Waals surface area contributed by atoms with Crippen LogP contribution in [0.4, 0.5) is 26.3 Å². The van der Waals surface area contributed by atoms with Gasteiger partial charge in [0.05, 0.1) is 7.11 Å². The van der Waals surface area contributed by atoms with E-state index in [0.717, 1.165) is 0 Å². The largest absolute Gasteiger partial charge is 0.743 e. The van der Waals surface area contributed by atoms with Gasteiger partial charge >= 0.3 is 29.2 Å². The van der Waals surface area contributed by atoms with Crippen molar-refractivity contribution in [3.05, 3.63) is 12.4 Å². The maximum Gasteiger partial charge on any atom is 0.468 e. The number of carbonyl (C=O) groups excluding carboxylic acids is 2. The lowest BCUT2D eigenvalue weighted by atomic mass is 10.2. The number of carbonyl (C=O) groups is 2. The summed E-state index contributed by atoms with van der Waals surface area (Å²) in [7, 11) is -6.22. The first-order valence-corrected chi connectivity index (χ1v) is 6.63. The first-order valence-electron chi connectivity index (χ1n) is 5.22. The highest BCUT2D eigenvalue weighted by atomic mass is 32.2. The van der Waals surface area contributed by atoms with Crippen LogP contribution in [0.5, 0.6) is 0 Å². The molecular formula is C9H7F6O8S-. The SMILES string of the molecule is C=C(F)C(=O)OC(OCC(F)(F)S(=O)(=O)[O-])(C(=O)OC)C(F)(F)F. The Morgan fingerprint density at radius 3 is 1.92 bits per heavy atom. The number of alkyl halides is 5. The molecule has 1 atom stereocenters. The molecule has 140 valence electrons. The van der Waals surface area contributed by atoms with Crippen molar-refractivity contribution in [1.29, 1.82) is 0 Å². The molecule has 0 bridgehead atoms. The predicted molar refractivity (Wildman–Crippen MR) is 57.7 cm³/mol. The van der Waals surface area contributed by atoms with Crippen LogP contribution < -0.4 is 0 Å². The van der Waals surface area contributed by atoms with E-state index in [9.17, 15) is 48.9 Å². The summed E-state index contributed by atoms with van der Waals surface area (Å²) in [4.78, 5) is 22.1. The number of methoxy groups -OCH3 is 1. The van der Waals surface area contributed by atoms with Gasteiger partial charge in [0.25, 0.3) is 0 Å². The van der Waals surface area contributed by atoms with Crippen LogP contribution in [0.1, 0.15) is 0 Å². The van der Waals surface area contributed by atoms with Crippen molar-refractivity contribution in [1.82, 2.24) is 0 Å². The van der Waals surface area contributed by atoms with Crippen LogP contribution >= 0.6 is 0 Å². The van der Waals surface area contributed by atoms with E-state index in [-0.39, 0.29) is 7.11 Å². The van der Waals surface area contributed by atoms with E-state index in [0.29, 0.717) is 0 Å². The molecule has 0 radical (unpaired) electrons. The van der Waals surface area contributed by atoms with E-state index in [1.165, 1.54) is 0 Å². The zero-order valence-electron chi connectivity index (χ0n) is 11.4. The summed E-state index contributed by atoms with van der Waals surface area (Å²) < 4.78 is 118. The Hall–Kier alpha value is -1.87. The van der Waals surface area contributed by atoms with E-state index in [1.54, 1.807) is 0 Å². The zero-order valence-corrected chi connectivity index (χ0v) is 12.2. The summed E-state index contributed by atoms with van der Waals surface area (Å²) in [5.41, 5.74) is 0. The molecule has 0 N–H and O–H groups in total. The van der Waals surface area contributed by atoms with Crippen LogP contribution in [-0.4, -0.2) is 55.8 Å². The molecular weight excluding hydrogens is 382 g/mol. The summed E-state index contributed by atoms with van der Waals surface area (Å²) in [6.07, 6.45) is -6.13. The van der Waals surface area contributed by atoms with Gasteiger partial charge in [-0.05, 0) is 0 Å². The number of hydrogen-bond acceptors (Lipinski definition) is 8. The third kappa shape index (κ3) is 4.57. The third-order valence-corrected chi connectivity index (χ3v) is 2.94. The highest BCUT2D eigenvalue weighted by molar-refractivity contribution is 7.86. The van der Waals surface area contributed by atoms with Gasteiger partial charge in [0, 0.05) is 0 Å². The van der Waals surface area contributed by atoms with Crippen LogP contribution in [0.25, 0.3) is 0 Å². The Labute approximate surface area is 129 Å². The lowest BCUT2D eigenvalue weighted by Crippen LogP contribution is -2.59. The first-order chi connectivity index (χ1) is 10.5. The maximum atomic E-state index is 13.0. The van der Waals surface area contributed by atoms with Gasteiger partial charge in [-0.15, -0.1) is 0 Å². The van der Waals surface area contributed by atoms with E-state index in [4.69, 9.17) is 0 Å². The van der Waals surface area contributed by atoms with Crippen molar-refractivity contribution in [3.63, 3.8) is 0 Å². The number of esters is 2. The molecule has 1 unspecified atom stereocenters. The van der Waals surface area contributed by atoms with Gasteiger partial charge < -0.3 is 18.8 Å². The fourth-order valence-electron chi connectivity index (χ4n) is 0.964. The van der Waals surface area contributed by atoms with Crippen LogP contribution in [0.3, 0.4) is 0 Å². The molecule has 0 amide bonds.